The molecule has 1 aliphatic rings. The minimum atomic E-state index is 0.347. The molecule has 2 aromatic rings. The average molecular weight is 274 g/mol. The number of para-hydroxylation sites is 1. The maximum absolute atomic E-state index is 6.32. The number of hydrogen-bond acceptors (Lipinski definition) is 3. The molecule has 2 atom stereocenters. The standard InChI is InChI=1S/C16H22N2S/c1-16(2)8-7-12(17)11(10-16)9-15-18-13-5-3-4-6-14(13)19-15/h3-6,11-12H,7-10,17H2,1-2H3. The highest BCUT2D eigenvalue weighted by Crippen LogP contribution is 2.40. The van der Waals surface area contributed by atoms with Gasteiger partial charge in [-0.2, -0.15) is 0 Å². The predicted octanol–water partition coefficient (Wildman–Crippen LogP) is 3.99. The topological polar surface area (TPSA) is 38.9 Å². The monoisotopic (exact) mass is 274 g/mol. The molecule has 102 valence electrons. The molecule has 1 aromatic carbocycles. The lowest BCUT2D eigenvalue weighted by Crippen LogP contribution is -2.40. The molecule has 2 N–H and O–H groups in total. The molecular formula is C16H22N2S. The number of aromatic nitrogens is 1. The maximum atomic E-state index is 6.32. The lowest BCUT2D eigenvalue weighted by Gasteiger charge is -2.39. The first-order chi connectivity index (χ1) is 9.03. The van der Waals surface area contributed by atoms with Crippen LogP contribution in [-0.4, -0.2) is 11.0 Å². The number of thiazole rings is 1. The van der Waals surface area contributed by atoms with Gasteiger partial charge in [-0.05, 0) is 42.7 Å². The Hall–Kier alpha value is -0.930. The summed E-state index contributed by atoms with van der Waals surface area (Å²) in [6, 6.07) is 8.74. The van der Waals surface area contributed by atoms with Crippen LogP contribution in [0.15, 0.2) is 24.3 Å². The molecule has 2 nitrogen and oxygen atoms in total. The van der Waals surface area contributed by atoms with Crippen LogP contribution in [0.2, 0.25) is 0 Å². The van der Waals surface area contributed by atoms with E-state index in [9.17, 15) is 0 Å². The van der Waals surface area contributed by atoms with E-state index in [0.717, 1.165) is 18.4 Å². The van der Waals surface area contributed by atoms with Gasteiger partial charge in [-0.1, -0.05) is 26.0 Å². The second-order valence-electron chi connectivity index (χ2n) is 6.61. The lowest BCUT2D eigenvalue weighted by molar-refractivity contribution is 0.157. The molecular weight excluding hydrogens is 252 g/mol. The summed E-state index contributed by atoms with van der Waals surface area (Å²) in [5.74, 6) is 0.587. The minimum Gasteiger partial charge on any atom is -0.327 e. The molecule has 3 rings (SSSR count). The summed E-state index contributed by atoms with van der Waals surface area (Å²) in [5.41, 5.74) is 7.89. The Morgan fingerprint density at radius 2 is 2.16 bits per heavy atom. The molecule has 0 saturated heterocycles. The Kier molecular flexibility index (Phi) is 3.35. The van der Waals surface area contributed by atoms with Gasteiger partial charge in [0.1, 0.15) is 0 Å². The smallest absolute Gasteiger partial charge is 0.0941 e. The largest absolute Gasteiger partial charge is 0.327 e. The summed E-state index contributed by atoms with van der Waals surface area (Å²) < 4.78 is 1.29. The van der Waals surface area contributed by atoms with Crippen molar-refractivity contribution in [1.29, 1.82) is 0 Å². The van der Waals surface area contributed by atoms with Crippen LogP contribution in [0, 0.1) is 11.3 Å². The van der Waals surface area contributed by atoms with E-state index >= 15 is 0 Å². The van der Waals surface area contributed by atoms with E-state index in [0.29, 0.717) is 17.4 Å². The van der Waals surface area contributed by atoms with Gasteiger partial charge >= 0.3 is 0 Å². The highest BCUT2D eigenvalue weighted by Gasteiger charge is 2.33. The Morgan fingerprint density at radius 3 is 2.95 bits per heavy atom. The molecule has 19 heavy (non-hydrogen) atoms. The zero-order chi connectivity index (χ0) is 13.5. The molecule has 1 heterocycles. The minimum absolute atomic E-state index is 0.347. The fraction of sp³-hybridized carbons (Fsp3) is 0.562. The van der Waals surface area contributed by atoms with Crippen LogP contribution in [0.25, 0.3) is 10.2 Å². The van der Waals surface area contributed by atoms with Crippen molar-refractivity contribution in [1.82, 2.24) is 4.98 Å². The van der Waals surface area contributed by atoms with E-state index in [4.69, 9.17) is 10.7 Å². The number of nitrogens with zero attached hydrogens (tertiary/aromatic N) is 1. The van der Waals surface area contributed by atoms with Gasteiger partial charge in [0.05, 0.1) is 15.2 Å². The summed E-state index contributed by atoms with van der Waals surface area (Å²) in [7, 11) is 0. The molecule has 3 heteroatoms. The summed E-state index contributed by atoms with van der Waals surface area (Å²) in [5, 5.41) is 1.25. The third-order valence-electron chi connectivity index (χ3n) is 4.35. The van der Waals surface area contributed by atoms with Crippen LogP contribution in [-0.2, 0) is 6.42 Å². The van der Waals surface area contributed by atoms with Crippen LogP contribution in [0.1, 0.15) is 38.1 Å². The Morgan fingerprint density at radius 1 is 1.37 bits per heavy atom. The average Bonchev–Trinajstić information content (AvgIpc) is 2.76. The van der Waals surface area contributed by atoms with Crippen molar-refractivity contribution in [2.45, 2.75) is 45.6 Å². The molecule has 0 radical (unpaired) electrons. The Labute approximate surface area is 119 Å². The number of fused-ring (bicyclic) bond motifs is 1. The van der Waals surface area contributed by atoms with Gasteiger partial charge in [0.15, 0.2) is 0 Å². The van der Waals surface area contributed by atoms with Crippen LogP contribution in [0.4, 0.5) is 0 Å². The number of benzene rings is 1. The van der Waals surface area contributed by atoms with Gasteiger partial charge in [-0.15, -0.1) is 11.3 Å². The fourth-order valence-electron chi connectivity index (χ4n) is 3.21. The maximum Gasteiger partial charge on any atom is 0.0941 e. The summed E-state index contributed by atoms with van der Waals surface area (Å²) >= 11 is 1.83. The van der Waals surface area contributed by atoms with Gasteiger partial charge in [-0.25, -0.2) is 4.98 Å². The third kappa shape index (κ3) is 2.82. The fourth-order valence-corrected chi connectivity index (χ4v) is 4.27. The zero-order valence-corrected chi connectivity index (χ0v) is 12.5. The third-order valence-corrected chi connectivity index (χ3v) is 5.41. The molecule has 1 aromatic heterocycles. The van der Waals surface area contributed by atoms with Crippen molar-refractivity contribution >= 4 is 21.6 Å². The SMILES string of the molecule is CC1(C)CCC(N)C(Cc2nc3ccccc3s2)C1. The summed E-state index contributed by atoms with van der Waals surface area (Å²) in [6.07, 6.45) is 4.68. The number of hydrogen-bond donors (Lipinski definition) is 1. The van der Waals surface area contributed by atoms with Crippen molar-refractivity contribution < 1.29 is 0 Å². The summed E-state index contributed by atoms with van der Waals surface area (Å²) in [4.78, 5) is 4.75. The molecule has 0 bridgehead atoms. The lowest BCUT2D eigenvalue weighted by atomic mass is 9.69. The molecule has 1 aliphatic carbocycles. The van der Waals surface area contributed by atoms with Crippen molar-refractivity contribution in [2.75, 3.05) is 0 Å². The van der Waals surface area contributed by atoms with Crippen molar-refractivity contribution in [3.8, 4) is 0 Å². The predicted molar refractivity (Wildman–Crippen MR) is 82.4 cm³/mol. The summed E-state index contributed by atoms with van der Waals surface area (Å²) in [6.45, 7) is 4.73. The van der Waals surface area contributed by atoms with Crippen LogP contribution in [0.3, 0.4) is 0 Å². The molecule has 0 spiro atoms. The van der Waals surface area contributed by atoms with Gasteiger partial charge in [0, 0.05) is 12.5 Å². The van der Waals surface area contributed by atoms with E-state index in [1.165, 1.54) is 22.5 Å². The first-order valence-electron chi connectivity index (χ1n) is 7.13. The van der Waals surface area contributed by atoms with Crippen molar-refractivity contribution in [3.05, 3.63) is 29.3 Å². The Balaban J connectivity index is 1.79. The van der Waals surface area contributed by atoms with Gasteiger partial charge < -0.3 is 5.73 Å². The second-order valence-corrected chi connectivity index (χ2v) is 7.73. The van der Waals surface area contributed by atoms with E-state index in [1.54, 1.807) is 0 Å². The van der Waals surface area contributed by atoms with Crippen molar-refractivity contribution in [2.24, 2.45) is 17.1 Å². The zero-order valence-electron chi connectivity index (χ0n) is 11.7. The molecule has 0 aliphatic heterocycles. The highest BCUT2D eigenvalue weighted by molar-refractivity contribution is 7.18. The van der Waals surface area contributed by atoms with Crippen LogP contribution in [0.5, 0.6) is 0 Å². The molecule has 1 saturated carbocycles. The van der Waals surface area contributed by atoms with Gasteiger partial charge in [0.25, 0.3) is 0 Å². The van der Waals surface area contributed by atoms with Gasteiger partial charge in [-0.3, -0.25) is 0 Å². The number of nitrogens with two attached hydrogens (primary N) is 1. The van der Waals surface area contributed by atoms with E-state index in [2.05, 4.69) is 38.1 Å². The van der Waals surface area contributed by atoms with E-state index in [1.807, 2.05) is 11.3 Å². The van der Waals surface area contributed by atoms with Crippen LogP contribution < -0.4 is 5.73 Å². The molecule has 2 unspecified atom stereocenters. The van der Waals surface area contributed by atoms with Gasteiger partial charge in [0.2, 0.25) is 0 Å². The quantitative estimate of drug-likeness (QED) is 0.899. The molecule has 0 amide bonds. The van der Waals surface area contributed by atoms with E-state index in [-0.39, 0.29) is 0 Å². The van der Waals surface area contributed by atoms with E-state index < -0.39 is 0 Å². The highest BCUT2D eigenvalue weighted by atomic mass is 32.1. The van der Waals surface area contributed by atoms with Crippen molar-refractivity contribution in [3.63, 3.8) is 0 Å². The molecule has 1 fully saturated rings. The normalized spacial score (nSPS) is 26.7. The van der Waals surface area contributed by atoms with Crippen LogP contribution >= 0.6 is 11.3 Å². The first-order valence-corrected chi connectivity index (χ1v) is 7.95. The Bertz CT molecular complexity index is 540. The number of rotatable bonds is 2. The second kappa shape index (κ2) is 4.88. The first kappa shape index (κ1) is 13.1.